The first-order valence-corrected chi connectivity index (χ1v) is 9.74. The first-order valence-electron chi connectivity index (χ1n) is 9.36. The van der Waals surface area contributed by atoms with Crippen molar-refractivity contribution in [2.75, 3.05) is 24.5 Å². The topological polar surface area (TPSA) is 56.7 Å². The van der Waals surface area contributed by atoms with E-state index < -0.39 is 5.97 Å². The highest BCUT2D eigenvalue weighted by atomic mass is 35.5. The molecule has 144 valence electrons. The number of benzene rings is 1. The summed E-state index contributed by atoms with van der Waals surface area (Å²) in [6.45, 7) is 8.01. The Morgan fingerprint density at radius 1 is 1.22 bits per heavy atom. The quantitative estimate of drug-likeness (QED) is 0.806. The first kappa shape index (κ1) is 19.6. The maximum Gasteiger partial charge on any atom is 0.354 e. The van der Waals surface area contributed by atoms with Gasteiger partial charge in [-0.1, -0.05) is 43.6 Å². The average Bonchev–Trinajstić information content (AvgIpc) is 2.63. The van der Waals surface area contributed by atoms with Gasteiger partial charge in [-0.25, -0.2) is 9.78 Å². The summed E-state index contributed by atoms with van der Waals surface area (Å²) in [5.41, 5.74) is 1.35. The zero-order valence-corrected chi connectivity index (χ0v) is 16.6. The molecule has 1 aromatic heterocycles. The van der Waals surface area contributed by atoms with Crippen LogP contribution < -0.4 is 4.90 Å². The lowest BCUT2D eigenvalue weighted by Gasteiger charge is -2.43. The molecule has 1 aromatic carbocycles. The normalized spacial score (nSPS) is 18.1. The zero-order valence-electron chi connectivity index (χ0n) is 15.8. The van der Waals surface area contributed by atoms with Crippen LogP contribution in [0.4, 0.5) is 5.82 Å². The maximum absolute atomic E-state index is 11.3. The van der Waals surface area contributed by atoms with Crippen molar-refractivity contribution in [3.05, 3.63) is 58.7 Å². The maximum atomic E-state index is 11.3. The Morgan fingerprint density at radius 3 is 2.63 bits per heavy atom. The molecule has 0 bridgehead atoms. The van der Waals surface area contributed by atoms with E-state index in [0.717, 1.165) is 43.4 Å². The van der Waals surface area contributed by atoms with Crippen LogP contribution >= 0.6 is 11.6 Å². The predicted octanol–water partition coefficient (Wildman–Crippen LogP) is 4.17. The molecule has 2 heterocycles. The van der Waals surface area contributed by atoms with Gasteiger partial charge in [0.15, 0.2) is 5.69 Å². The summed E-state index contributed by atoms with van der Waals surface area (Å²) < 4.78 is 0. The highest BCUT2D eigenvalue weighted by Crippen LogP contribution is 2.24. The lowest BCUT2D eigenvalue weighted by Crippen LogP contribution is -2.53. The van der Waals surface area contributed by atoms with Gasteiger partial charge in [-0.3, -0.25) is 4.90 Å². The average molecular weight is 388 g/mol. The summed E-state index contributed by atoms with van der Waals surface area (Å²) in [6.07, 6.45) is 1.04. The van der Waals surface area contributed by atoms with E-state index in [-0.39, 0.29) is 5.69 Å². The molecule has 1 fully saturated rings. The summed E-state index contributed by atoms with van der Waals surface area (Å²) in [6, 6.07) is 13.5. The molecular weight excluding hydrogens is 362 g/mol. The number of carboxylic acid groups (broad SMARTS) is 1. The van der Waals surface area contributed by atoms with Crippen molar-refractivity contribution in [3.63, 3.8) is 0 Å². The minimum atomic E-state index is -0.987. The fraction of sp³-hybridized carbons (Fsp3) is 0.429. The Balaban J connectivity index is 1.75. The number of rotatable bonds is 6. The second-order valence-electron chi connectivity index (χ2n) is 7.52. The van der Waals surface area contributed by atoms with Crippen LogP contribution in [0, 0.1) is 5.92 Å². The van der Waals surface area contributed by atoms with Gasteiger partial charge in [-0.05, 0) is 42.2 Å². The second kappa shape index (κ2) is 8.72. The van der Waals surface area contributed by atoms with Crippen molar-refractivity contribution in [1.29, 1.82) is 0 Å². The molecule has 3 rings (SSSR count). The van der Waals surface area contributed by atoms with Crippen LogP contribution in [0.2, 0.25) is 5.02 Å². The summed E-state index contributed by atoms with van der Waals surface area (Å²) in [5, 5.41) is 10.0. The molecule has 1 N–H and O–H groups in total. The van der Waals surface area contributed by atoms with Crippen LogP contribution in [-0.4, -0.2) is 46.6 Å². The van der Waals surface area contributed by atoms with E-state index in [4.69, 9.17) is 11.6 Å². The number of aromatic carboxylic acids is 1. The Kier molecular flexibility index (Phi) is 6.34. The second-order valence-corrected chi connectivity index (χ2v) is 7.96. The number of pyridine rings is 1. The van der Waals surface area contributed by atoms with Crippen molar-refractivity contribution >= 4 is 23.4 Å². The van der Waals surface area contributed by atoms with Crippen LogP contribution in [0.25, 0.3) is 0 Å². The molecule has 0 amide bonds. The molecule has 1 atom stereocenters. The third-order valence-corrected chi connectivity index (χ3v) is 5.13. The first-order chi connectivity index (χ1) is 12.9. The minimum Gasteiger partial charge on any atom is -0.477 e. The Bertz CT molecular complexity index is 779. The number of piperazine rings is 1. The number of carboxylic acids is 1. The highest BCUT2D eigenvalue weighted by Gasteiger charge is 2.29. The largest absolute Gasteiger partial charge is 0.477 e. The number of anilines is 1. The van der Waals surface area contributed by atoms with Gasteiger partial charge in [0, 0.05) is 37.2 Å². The number of nitrogens with zero attached hydrogens (tertiary/aromatic N) is 3. The Hall–Kier alpha value is -2.11. The summed E-state index contributed by atoms with van der Waals surface area (Å²) in [7, 11) is 0. The molecule has 2 aromatic rings. The molecule has 1 aliphatic heterocycles. The van der Waals surface area contributed by atoms with E-state index in [2.05, 4.69) is 40.8 Å². The molecule has 27 heavy (non-hydrogen) atoms. The number of hydrogen-bond acceptors (Lipinski definition) is 4. The standard InChI is InChI=1S/C21H26ClN3O2/c1-15(2)12-18-14-24(13-16-6-8-17(22)9-7-16)10-11-25(18)20-5-3-4-19(23-20)21(26)27/h3-9,15,18H,10-14H2,1-2H3,(H,26,27). The fourth-order valence-electron chi connectivity index (χ4n) is 3.66. The smallest absolute Gasteiger partial charge is 0.354 e. The molecule has 5 nitrogen and oxygen atoms in total. The monoisotopic (exact) mass is 387 g/mol. The fourth-order valence-corrected chi connectivity index (χ4v) is 3.79. The summed E-state index contributed by atoms with van der Waals surface area (Å²) >= 11 is 5.99. The van der Waals surface area contributed by atoms with Gasteiger partial charge in [0.2, 0.25) is 0 Å². The number of hydrogen-bond donors (Lipinski definition) is 1. The van der Waals surface area contributed by atoms with Crippen LogP contribution in [0.3, 0.4) is 0 Å². The molecule has 6 heteroatoms. The van der Waals surface area contributed by atoms with Gasteiger partial charge in [0.25, 0.3) is 0 Å². The minimum absolute atomic E-state index is 0.0967. The lowest BCUT2D eigenvalue weighted by molar-refractivity contribution is 0.0690. The molecule has 0 saturated carbocycles. The van der Waals surface area contributed by atoms with E-state index in [1.165, 1.54) is 5.56 Å². The molecule has 0 radical (unpaired) electrons. The van der Waals surface area contributed by atoms with E-state index in [9.17, 15) is 9.90 Å². The molecule has 1 unspecified atom stereocenters. The Morgan fingerprint density at radius 2 is 1.96 bits per heavy atom. The van der Waals surface area contributed by atoms with Crippen molar-refractivity contribution in [3.8, 4) is 0 Å². The molecule has 0 aliphatic carbocycles. The SMILES string of the molecule is CC(C)CC1CN(Cc2ccc(Cl)cc2)CCN1c1cccc(C(=O)O)n1. The molecular formula is C21H26ClN3O2. The predicted molar refractivity (Wildman–Crippen MR) is 109 cm³/mol. The molecule has 1 aliphatic rings. The van der Waals surface area contributed by atoms with Gasteiger partial charge in [-0.15, -0.1) is 0 Å². The van der Waals surface area contributed by atoms with Gasteiger partial charge in [0.05, 0.1) is 0 Å². The van der Waals surface area contributed by atoms with E-state index in [0.29, 0.717) is 12.0 Å². The van der Waals surface area contributed by atoms with Crippen LogP contribution in [0.5, 0.6) is 0 Å². The summed E-state index contributed by atoms with van der Waals surface area (Å²) in [4.78, 5) is 20.4. The van der Waals surface area contributed by atoms with Crippen molar-refractivity contribution in [1.82, 2.24) is 9.88 Å². The third kappa shape index (κ3) is 5.21. The van der Waals surface area contributed by atoms with Gasteiger partial charge in [-0.2, -0.15) is 0 Å². The van der Waals surface area contributed by atoms with Gasteiger partial charge in [0.1, 0.15) is 5.82 Å². The molecule has 0 spiro atoms. The number of aromatic nitrogens is 1. The zero-order chi connectivity index (χ0) is 19.4. The highest BCUT2D eigenvalue weighted by molar-refractivity contribution is 6.30. The van der Waals surface area contributed by atoms with Crippen LogP contribution in [0.15, 0.2) is 42.5 Å². The molecule has 1 saturated heterocycles. The van der Waals surface area contributed by atoms with Crippen molar-refractivity contribution < 1.29 is 9.90 Å². The van der Waals surface area contributed by atoms with Gasteiger partial charge >= 0.3 is 5.97 Å². The van der Waals surface area contributed by atoms with Crippen LogP contribution in [-0.2, 0) is 6.54 Å². The van der Waals surface area contributed by atoms with Crippen molar-refractivity contribution in [2.24, 2.45) is 5.92 Å². The van der Waals surface area contributed by atoms with Crippen LogP contribution in [0.1, 0.15) is 36.3 Å². The van der Waals surface area contributed by atoms with Gasteiger partial charge < -0.3 is 10.0 Å². The lowest BCUT2D eigenvalue weighted by atomic mass is 9.99. The number of carbonyl (C=O) groups is 1. The third-order valence-electron chi connectivity index (χ3n) is 4.88. The van der Waals surface area contributed by atoms with E-state index in [1.807, 2.05) is 18.2 Å². The summed E-state index contributed by atoms with van der Waals surface area (Å²) in [5.74, 6) is 0.320. The Labute approximate surface area is 165 Å². The van der Waals surface area contributed by atoms with E-state index in [1.54, 1.807) is 12.1 Å². The number of halogens is 1. The van der Waals surface area contributed by atoms with E-state index >= 15 is 0 Å². The van der Waals surface area contributed by atoms with Crippen molar-refractivity contribution in [2.45, 2.75) is 32.9 Å².